The van der Waals surface area contributed by atoms with Crippen molar-refractivity contribution in [2.75, 3.05) is 0 Å². The summed E-state index contributed by atoms with van der Waals surface area (Å²) in [7, 11) is 0. The van der Waals surface area contributed by atoms with E-state index in [4.69, 9.17) is 16.7 Å². The number of benzene rings is 2. The molecule has 0 aromatic heterocycles. The average Bonchev–Trinajstić information content (AvgIpc) is 2.37. The van der Waals surface area contributed by atoms with Crippen molar-refractivity contribution in [2.45, 2.75) is 12.3 Å². The number of hydrogen-bond donors (Lipinski definition) is 1. The monoisotopic (exact) mass is 278 g/mol. The second kappa shape index (κ2) is 5.85. The van der Waals surface area contributed by atoms with Crippen molar-refractivity contribution in [2.24, 2.45) is 0 Å². The second-order valence-electron chi connectivity index (χ2n) is 4.26. The molecule has 2 nitrogen and oxygen atoms in total. The summed E-state index contributed by atoms with van der Waals surface area (Å²) in [5.74, 6) is -1.68. The predicted molar refractivity (Wildman–Crippen MR) is 71.9 cm³/mol. The molecule has 0 aliphatic carbocycles. The highest BCUT2D eigenvalue weighted by molar-refractivity contribution is 6.30. The van der Waals surface area contributed by atoms with Gasteiger partial charge in [-0.25, -0.2) is 4.39 Å². The predicted octanol–water partition coefficient (Wildman–Crippen LogP) is 4.09. The van der Waals surface area contributed by atoms with Gasteiger partial charge in [0.05, 0.1) is 6.42 Å². The van der Waals surface area contributed by atoms with E-state index in [-0.39, 0.29) is 18.2 Å². The molecule has 98 valence electrons. The molecule has 19 heavy (non-hydrogen) atoms. The van der Waals surface area contributed by atoms with Crippen molar-refractivity contribution < 1.29 is 14.3 Å². The van der Waals surface area contributed by atoms with Crippen LogP contribution in [-0.2, 0) is 4.79 Å². The Bertz CT molecular complexity index is 581. The zero-order chi connectivity index (χ0) is 13.8. The molecule has 0 spiro atoms. The van der Waals surface area contributed by atoms with E-state index in [1.165, 1.54) is 12.1 Å². The molecular formula is C15H12ClFO2. The van der Waals surface area contributed by atoms with Crippen LogP contribution in [-0.4, -0.2) is 11.1 Å². The molecule has 0 aliphatic rings. The lowest BCUT2D eigenvalue weighted by molar-refractivity contribution is -0.137. The molecule has 0 amide bonds. The molecule has 2 aromatic rings. The fourth-order valence-electron chi connectivity index (χ4n) is 2.02. The summed E-state index contributed by atoms with van der Waals surface area (Å²) in [6.45, 7) is 0. The maximum Gasteiger partial charge on any atom is 0.304 e. The Morgan fingerprint density at radius 3 is 2.42 bits per heavy atom. The molecule has 2 aromatic carbocycles. The Hall–Kier alpha value is -1.87. The number of carbonyl (C=O) groups is 1. The van der Waals surface area contributed by atoms with Crippen LogP contribution in [0.25, 0.3) is 0 Å². The summed E-state index contributed by atoms with van der Waals surface area (Å²) >= 11 is 5.82. The maximum atomic E-state index is 13.3. The lowest BCUT2D eigenvalue weighted by Crippen LogP contribution is -2.08. The van der Waals surface area contributed by atoms with Crippen LogP contribution >= 0.6 is 11.6 Å². The van der Waals surface area contributed by atoms with Crippen LogP contribution in [0.2, 0.25) is 5.02 Å². The van der Waals surface area contributed by atoms with Gasteiger partial charge >= 0.3 is 5.97 Å². The molecule has 0 fully saturated rings. The van der Waals surface area contributed by atoms with Crippen LogP contribution < -0.4 is 0 Å². The van der Waals surface area contributed by atoms with Gasteiger partial charge in [-0.15, -0.1) is 0 Å². The van der Waals surface area contributed by atoms with E-state index in [1.54, 1.807) is 36.4 Å². The molecule has 0 radical (unpaired) electrons. The SMILES string of the molecule is O=C(O)CC(c1ccc(Cl)cc1)c1cccc(F)c1. The Labute approximate surface area is 115 Å². The quantitative estimate of drug-likeness (QED) is 0.915. The largest absolute Gasteiger partial charge is 0.481 e. The molecule has 0 bridgehead atoms. The van der Waals surface area contributed by atoms with E-state index in [0.717, 1.165) is 5.56 Å². The highest BCUT2D eigenvalue weighted by Gasteiger charge is 2.18. The van der Waals surface area contributed by atoms with E-state index in [9.17, 15) is 9.18 Å². The normalized spacial score (nSPS) is 12.1. The van der Waals surface area contributed by atoms with Gasteiger partial charge in [0.1, 0.15) is 5.82 Å². The molecule has 0 heterocycles. The highest BCUT2D eigenvalue weighted by Crippen LogP contribution is 2.29. The van der Waals surface area contributed by atoms with Crippen molar-refractivity contribution in [1.82, 2.24) is 0 Å². The van der Waals surface area contributed by atoms with Crippen LogP contribution in [0, 0.1) is 5.82 Å². The van der Waals surface area contributed by atoms with Crippen LogP contribution in [0.3, 0.4) is 0 Å². The standard InChI is InChI=1S/C15H12ClFO2/c16-12-6-4-10(5-7-12)14(9-15(18)19)11-2-1-3-13(17)8-11/h1-8,14H,9H2,(H,18,19). The average molecular weight is 279 g/mol. The molecule has 2 rings (SSSR count). The van der Waals surface area contributed by atoms with E-state index < -0.39 is 5.97 Å². The van der Waals surface area contributed by atoms with Gasteiger partial charge in [-0.1, -0.05) is 35.9 Å². The van der Waals surface area contributed by atoms with Gasteiger partial charge in [0.25, 0.3) is 0 Å². The molecular weight excluding hydrogens is 267 g/mol. The topological polar surface area (TPSA) is 37.3 Å². The molecule has 0 saturated carbocycles. The van der Waals surface area contributed by atoms with Crippen LogP contribution in [0.5, 0.6) is 0 Å². The molecule has 4 heteroatoms. The lowest BCUT2D eigenvalue weighted by Gasteiger charge is -2.16. The van der Waals surface area contributed by atoms with Gasteiger partial charge in [0.15, 0.2) is 0 Å². The Kier molecular flexibility index (Phi) is 4.17. The molecule has 0 saturated heterocycles. The minimum Gasteiger partial charge on any atom is -0.481 e. The van der Waals surface area contributed by atoms with E-state index >= 15 is 0 Å². The van der Waals surface area contributed by atoms with E-state index in [2.05, 4.69) is 0 Å². The van der Waals surface area contributed by atoms with Crippen molar-refractivity contribution >= 4 is 17.6 Å². The Morgan fingerprint density at radius 2 is 1.84 bits per heavy atom. The third-order valence-corrected chi connectivity index (χ3v) is 3.15. The summed E-state index contributed by atoms with van der Waals surface area (Å²) in [5, 5.41) is 9.59. The van der Waals surface area contributed by atoms with Crippen molar-refractivity contribution in [1.29, 1.82) is 0 Å². The molecule has 1 unspecified atom stereocenters. The number of hydrogen-bond acceptors (Lipinski definition) is 1. The summed E-state index contributed by atoms with van der Waals surface area (Å²) in [5.41, 5.74) is 1.45. The fraction of sp³-hybridized carbons (Fsp3) is 0.133. The number of carboxylic acid groups (broad SMARTS) is 1. The van der Waals surface area contributed by atoms with Crippen LogP contribution in [0.15, 0.2) is 48.5 Å². The second-order valence-corrected chi connectivity index (χ2v) is 4.69. The first-order valence-electron chi connectivity index (χ1n) is 5.79. The third kappa shape index (κ3) is 3.55. The van der Waals surface area contributed by atoms with Gasteiger partial charge < -0.3 is 5.11 Å². The van der Waals surface area contributed by atoms with E-state index in [1.807, 2.05) is 0 Å². The first-order valence-corrected chi connectivity index (χ1v) is 6.17. The van der Waals surface area contributed by atoms with Crippen molar-refractivity contribution in [3.8, 4) is 0 Å². The lowest BCUT2D eigenvalue weighted by atomic mass is 9.88. The first-order chi connectivity index (χ1) is 9.06. The number of aliphatic carboxylic acids is 1. The number of carboxylic acids is 1. The van der Waals surface area contributed by atoms with E-state index in [0.29, 0.717) is 10.6 Å². The minimum atomic E-state index is -0.927. The van der Waals surface area contributed by atoms with Crippen LogP contribution in [0.1, 0.15) is 23.5 Å². The molecule has 1 atom stereocenters. The van der Waals surface area contributed by atoms with Gasteiger partial charge in [0.2, 0.25) is 0 Å². The highest BCUT2D eigenvalue weighted by atomic mass is 35.5. The van der Waals surface area contributed by atoms with Crippen LogP contribution in [0.4, 0.5) is 4.39 Å². The zero-order valence-corrected chi connectivity index (χ0v) is 10.8. The van der Waals surface area contributed by atoms with Gasteiger partial charge in [-0.2, -0.15) is 0 Å². The van der Waals surface area contributed by atoms with Gasteiger partial charge in [-0.3, -0.25) is 4.79 Å². The summed E-state index contributed by atoms with van der Waals surface area (Å²) in [6, 6.07) is 12.9. The number of halogens is 2. The van der Waals surface area contributed by atoms with Crippen molar-refractivity contribution in [3.05, 3.63) is 70.5 Å². The Balaban J connectivity index is 2.40. The fourth-order valence-corrected chi connectivity index (χ4v) is 2.15. The van der Waals surface area contributed by atoms with Crippen molar-refractivity contribution in [3.63, 3.8) is 0 Å². The molecule has 0 aliphatic heterocycles. The van der Waals surface area contributed by atoms with Gasteiger partial charge in [-0.05, 0) is 35.4 Å². The smallest absolute Gasteiger partial charge is 0.304 e. The maximum absolute atomic E-state index is 13.3. The summed E-state index contributed by atoms with van der Waals surface area (Å²) in [4.78, 5) is 11.0. The first kappa shape index (κ1) is 13.6. The zero-order valence-electron chi connectivity index (χ0n) is 10.0. The Morgan fingerprint density at radius 1 is 1.16 bits per heavy atom. The summed E-state index contributed by atoms with van der Waals surface area (Å²) in [6.07, 6.45) is -0.0922. The third-order valence-electron chi connectivity index (χ3n) is 2.90. The minimum absolute atomic E-state index is 0.0922. The van der Waals surface area contributed by atoms with Gasteiger partial charge in [0, 0.05) is 10.9 Å². The molecule has 1 N–H and O–H groups in total. The number of rotatable bonds is 4. The summed E-state index contributed by atoms with van der Waals surface area (Å²) < 4.78 is 13.3.